The minimum absolute atomic E-state index is 0.206. The Morgan fingerprint density at radius 1 is 1.16 bits per heavy atom. The van der Waals surface area contributed by atoms with Gasteiger partial charge in [0.1, 0.15) is 0 Å². The van der Waals surface area contributed by atoms with Gasteiger partial charge in [0.25, 0.3) is 0 Å². The molecule has 0 radical (unpaired) electrons. The molecule has 0 aromatic heterocycles. The van der Waals surface area contributed by atoms with E-state index in [0.717, 1.165) is 25.1 Å². The molecular weight excluding hydrogens is 271 g/mol. The third-order valence-corrected chi connectivity index (χ3v) is 4.66. The summed E-state index contributed by atoms with van der Waals surface area (Å²) in [4.78, 5) is 2.55. The number of nitrogens with zero attached hydrogens (tertiary/aromatic N) is 1. The molecular formula is C14H26F3NS. The molecule has 1 heterocycles. The minimum Gasteiger partial charge on any atom is -0.296 e. The Morgan fingerprint density at radius 3 is 2.42 bits per heavy atom. The second-order valence-electron chi connectivity index (χ2n) is 6.28. The number of halogens is 3. The Kier molecular flexibility index (Phi) is 6.51. The van der Waals surface area contributed by atoms with Crippen LogP contribution in [0.15, 0.2) is 0 Å². The molecule has 0 unspecified atom stereocenters. The Hall–Kier alpha value is 0.100. The summed E-state index contributed by atoms with van der Waals surface area (Å²) >= 11 is 1.43. The molecule has 0 spiro atoms. The van der Waals surface area contributed by atoms with Gasteiger partial charge in [-0.25, -0.2) is 0 Å². The van der Waals surface area contributed by atoms with Crippen molar-refractivity contribution in [2.75, 3.05) is 18.1 Å². The van der Waals surface area contributed by atoms with E-state index in [-0.39, 0.29) is 11.3 Å². The highest BCUT2D eigenvalue weighted by atomic mass is 32.2. The van der Waals surface area contributed by atoms with Crippen molar-refractivity contribution in [2.24, 2.45) is 0 Å². The first-order valence-electron chi connectivity index (χ1n) is 7.11. The predicted molar refractivity (Wildman–Crippen MR) is 76.7 cm³/mol. The molecule has 1 aliphatic heterocycles. The van der Waals surface area contributed by atoms with E-state index >= 15 is 0 Å². The molecule has 0 aromatic carbocycles. The van der Waals surface area contributed by atoms with E-state index in [0.29, 0.717) is 6.04 Å². The van der Waals surface area contributed by atoms with E-state index in [2.05, 4.69) is 25.7 Å². The maximum atomic E-state index is 12.0. The number of likely N-dealkylation sites (tertiary alicyclic amines) is 1. The first kappa shape index (κ1) is 17.2. The smallest absolute Gasteiger partial charge is 0.296 e. The van der Waals surface area contributed by atoms with Crippen LogP contribution >= 0.6 is 11.8 Å². The summed E-state index contributed by atoms with van der Waals surface area (Å²) in [7, 11) is 0. The van der Waals surface area contributed by atoms with Crippen LogP contribution in [0.5, 0.6) is 0 Å². The van der Waals surface area contributed by atoms with Crippen molar-refractivity contribution in [3.63, 3.8) is 0 Å². The second kappa shape index (κ2) is 7.21. The fourth-order valence-corrected chi connectivity index (χ4v) is 3.68. The monoisotopic (exact) mass is 297 g/mol. The molecule has 1 nitrogen and oxygen atoms in total. The van der Waals surface area contributed by atoms with Gasteiger partial charge in [-0.05, 0) is 58.8 Å². The van der Waals surface area contributed by atoms with E-state index in [1.165, 1.54) is 24.6 Å². The quantitative estimate of drug-likeness (QED) is 0.653. The van der Waals surface area contributed by atoms with Crippen molar-refractivity contribution < 1.29 is 13.2 Å². The van der Waals surface area contributed by atoms with Crippen LogP contribution in [0, 0.1) is 0 Å². The van der Waals surface area contributed by atoms with Crippen LogP contribution < -0.4 is 0 Å². The van der Waals surface area contributed by atoms with Gasteiger partial charge in [-0.3, -0.25) is 4.90 Å². The molecule has 0 amide bonds. The minimum atomic E-state index is -4.00. The highest BCUT2D eigenvalue weighted by molar-refractivity contribution is 7.99. The summed E-state index contributed by atoms with van der Waals surface area (Å²) in [5.41, 5.74) is 0.213. The molecule has 1 atom stereocenters. The Bertz CT molecular complexity index is 260. The normalized spacial score (nSPS) is 22.1. The summed E-state index contributed by atoms with van der Waals surface area (Å²) in [5.74, 6) is 1.06. The zero-order chi connectivity index (χ0) is 14.5. The highest BCUT2D eigenvalue weighted by Crippen LogP contribution is 2.29. The lowest BCUT2D eigenvalue weighted by Gasteiger charge is -2.37. The van der Waals surface area contributed by atoms with Crippen LogP contribution in [0.3, 0.4) is 0 Å². The van der Waals surface area contributed by atoms with Crippen LogP contribution in [-0.2, 0) is 0 Å². The van der Waals surface area contributed by atoms with Crippen molar-refractivity contribution in [3.8, 4) is 0 Å². The van der Waals surface area contributed by atoms with E-state index in [1.807, 2.05) is 0 Å². The standard InChI is InChI=1S/C14H26F3NS/c1-13(2,3)18-9-4-6-12(18)7-5-10-19-11-8-14(15,16)17/h12H,4-11H2,1-3H3/t12-/m1/s1. The largest absolute Gasteiger partial charge is 0.389 e. The lowest BCUT2D eigenvalue weighted by atomic mass is 10.0. The summed E-state index contributed by atoms with van der Waals surface area (Å²) in [5, 5.41) is 0. The van der Waals surface area contributed by atoms with Gasteiger partial charge in [0.2, 0.25) is 0 Å². The maximum absolute atomic E-state index is 12.0. The van der Waals surface area contributed by atoms with Crippen molar-refractivity contribution in [2.45, 2.75) is 70.6 Å². The van der Waals surface area contributed by atoms with E-state index < -0.39 is 12.6 Å². The van der Waals surface area contributed by atoms with Crippen LogP contribution in [0.25, 0.3) is 0 Å². The zero-order valence-electron chi connectivity index (χ0n) is 12.2. The van der Waals surface area contributed by atoms with E-state index in [1.54, 1.807) is 0 Å². The third-order valence-electron chi connectivity index (χ3n) is 3.59. The van der Waals surface area contributed by atoms with Gasteiger partial charge in [-0.2, -0.15) is 24.9 Å². The molecule has 1 aliphatic rings. The number of hydrogen-bond donors (Lipinski definition) is 0. The fraction of sp³-hybridized carbons (Fsp3) is 1.00. The second-order valence-corrected chi connectivity index (χ2v) is 7.50. The van der Waals surface area contributed by atoms with Gasteiger partial charge in [0.05, 0.1) is 6.42 Å². The van der Waals surface area contributed by atoms with Crippen molar-refractivity contribution in [1.82, 2.24) is 4.90 Å². The lowest BCUT2D eigenvalue weighted by Crippen LogP contribution is -2.44. The molecule has 0 saturated carbocycles. The predicted octanol–water partition coefficient (Wildman–Crippen LogP) is 4.72. The number of alkyl halides is 3. The van der Waals surface area contributed by atoms with Gasteiger partial charge in [-0.15, -0.1) is 0 Å². The molecule has 1 fully saturated rings. The maximum Gasteiger partial charge on any atom is 0.389 e. The van der Waals surface area contributed by atoms with Crippen LogP contribution in [0.1, 0.15) is 52.9 Å². The summed E-state index contributed by atoms with van der Waals surface area (Å²) in [6.07, 6.45) is -0.0135. The number of rotatable bonds is 6. The molecule has 1 saturated heterocycles. The highest BCUT2D eigenvalue weighted by Gasteiger charge is 2.32. The van der Waals surface area contributed by atoms with E-state index in [4.69, 9.17) is 0 Å². The average Bonchev–Trinajstić information content (AvgIpc) is 2.69. The number of hydrogen-bond acceptors (Lipinski definition) is 2. The van der Waals surface area contributed by atoms with Gasteiger partial charge >= 0.3 is 6.18 Å². The fourth-order valence-electron chi connectivity index (χ4n) is 2.73. The Labute approximate surface area is 119 Å². The molecule has 0 aliphatic carbocycles. The Balaban J connectivity index is 2.12. The molecule has 0 aromatic rings. The Morgan fingerprint density at radius 2 is 1.84 bits per heavy atom. The molecule has 0 N–H and O–H groups in total. The zero-order valence-corrected chi connectivity index (χ0v) is 13.0. The van der Waals surface area contributed by atoms with Gasteiger partial charge in [0.15, 0.2) is 0 Å². The topological polar surface area (TPSA) is 3.24 Å². The third kappa shape index (κ3) is 6.89. The van der Waals surface area contributed by atoms with Crippen molar-refractivity contribution in [3.05, 3.63) is 0 Å². The number of thioether (sulfide) groups is 1. The van der Waals surface area contributed by atoms with Crippen LogP contribution in [-0.4, -0.2) is 40.7 Å². The summed E-state index contributed by atoms with van der Waals surface area (Å²) in [6, 6.07) is 0.628. The lowest BCUT2D eigenvalue weighted by molar-refractivity contribution is -0.129. The van der Waals surface area contributed by atoms with Gasteiger partial charge in [-0.1, -0.05) is 0 Å². The van der Waals surface area contributed by atoms with Crippen molar-refractivity contribution >= 4 is 11.8 Å². The first-order chi connectivity index (χ1) is 8.70. The molecule has 5 heteroatoms. The molecule has 114 valence electrons. The van der Waals surface area contributed by atoms with Gasteiger partial charge in [0, 0.05) is 17.3 Å². The van der Waals surface area contributed by atoms with Gasteiger partial charge < -0.3 is 0 Å². The SMILES string of the molecule is CC(C)(C)N1CCC[C@@H]1CCCSCCC(F)(F)F. The molecule has 19 heavy (non-hydrogen) atoms. The first-order valence-corrected chi connectivity index (χ1v) is 8.27. The van der Waals surface area contributed by atoms with Crippen LogP contribution in [0.2, 0.25) is 0 Å². The molecule has 0 bridgehead atoms. The summed E-state index contributed by atoms with van der Waals surface area (Å²) in [6.45, 7) is 7.88. The van der Waals surface area contributed by atoms with Crippen molar-refractivity contribution in [1.29, 1.82) is 0 Å². The molecule has 1 rings (SSSR count). The van der Waals surface area contributed by atoms with E-state index in [9.17, 15) is 13.2 Å². The average molecular weight is 297 g/mol. The summed E-state index contributed by atoms with van der Waals surface area (Å²) < 4.78 is 35.9. The van der Waals surface area contributed by atoms with Crippen LogP contribution in [0.4, 0.5) is 13.2 Å².